The van der Waals surface area contributed by atoms with Crippen molar-refractivity contribution in [1.82, 2.24) is 10.3 Å². The molecule has 3 rings (SSSR count). The Kier molecular flexibility index (Phi) is 4.01. The number of amides is 1. The van der Waals surface area contributed by atoms with E-state index in [0.29, 0.717) is 24.0 Å². The van der Waals surface area contributed by atoms with Gasteiger partial charge in [-0.05, 0) is 30.2 Å². The number of fused-ring (bicyclic) bond motifs is 1. The lowest BCUT2D eigenvalue weighted by atomic mass is 10.1. The summed E-state index contributed by atoms with van der Waals surface area (Å²) < 4.78 is 5.32. The molecule has 1 aromatic carbocycles. The van der Waals surface area contributed by atoms with Crippen LogP contribution < -0.4 is 11.1 Å². The van der Waals surface area contributed by atoms with Crippen molar-refractivity contribution < 1.29 is 9.53 Å². The molecule has 0 bridgehead atoms. The highest BCUT2D eigenvalue weighted by atomic mass is 16.5. The number of benzene rings is 1. The van der Waals surface area contributed by atoms with Gasteiger partial charge in [-0.1, -0.05) is 24.3 Å². The number of pyridine rings is 1. The minimum absolute atomic E-state index is 0.175. The number of carbonyl (C=O) groups excluding carboxylic acids is 1. The molecule has 1 unspecified atom stereocenters. The van der Waals surface area contributed by atoms with Gasteiger partial charge in [-0.15, -0.1) is 0 Å². The average molecular weight is 285 g/mol. The molecule has 1 aromatic heterocycles. The van der Waals surface area contributed by atoms with Gasteiger partial charge in [0.1, 0.15) is 11.5 Å². The maximum atomic E-state index is 12.2. The van der Waals surface area contributed by atoms with Crippen molar-refractivity contribution >= 4 is 22.5 Å². The molecule has 2 heterocycles. The number of nitrogens with one attached hydrogen (secondary N) is 1. The second-order valence-electron chi connectivity index (χ2n) is 5.39. The Morgan fingerprint density at radius 3 is 3.10 bits per heavy atom. The minimum atomic E-state index is -0.175. The molecule has 1 aliphatic rings. The third kappa shape index (κ3) is 3.13. The van der Waals surface area contributed by atoms with E-state index in [0.717, 1.165) is 36.8 Å². The van der Waals surface area contributed by atoms with Gasteiger partial charge in [0.2, 0.25) is 0 Å². The molecule has 1 amide bonds. The van der Waals surface area contributed by atoms with Crippen LogP contribution in [0.4, 0.5) is 5.82 Å². The van der Waals surface area contributed by atoms with Gasteiger partial charge >= 0.3 is 0 Å². The molecule has 0 saturated carbocycles. The number of ether oxygens (including phenoxy) is 1. The molecule has 0 radical (unpaired) electrons. The zero-order chi connectivity index (χ0) is 14.7. The van der Waals surface area contributed by atoms with E-state index in [-0.39, 0.29) is 5.91 Å². The summed E-state index contributed by atoms with van der Waals surface area (Å²) >= 11 is 0. The van der Waals surface area contributed by atoms with Gasteiger partial charge in [-0.3, -0.25) is 4.79 Å². The first-order valence-electron chi connectivity index (χ1n) is 7.25. The molecule has 1 aliphatic heterocycles. The van der Waals surface area contributed by atoms with Crippen LogP contribution in [0.15, 0.2) is 30.3 Å². The Hall–Kier alpha value is -2.14. The van der Waals surface area contributed by atoms with E-state index in [2.05, 4.69) is 10.3 Å². The fraction of sp³-hybridized carbons (Fsp3) is 0.375. The molecular formula is C16H19N3O2. The summed E-state index contributed by atoms with van der Waals surface area (Å²) in [4.78, 5) is 16.3. The number of hydrogen-bond donors (Lipinski definition) is 2. The number of nitrogens with zero attached hydrogens (tertiary/aromatic N) is 1. The number of carbonyl (C=O) groups is 1. The summed E-state index contributed by atoms with van der Waals surface area (Å²) in [5.74, 6) is 0.772. The van der Waals surface area contributed by atoms with Crippen molar-refractivity contribution in [2.75, 3.05) is 25.5 Å². The zero-order valence-corrected chi connectivity index (χ0v) is 11.8. The van der Waals surface area contributed by atoms with Gasteiger partial charge in [0.25, 0.3) is 5.91 Å². The van der Waals surface area contributed by atoms with Crippen molar-refractivity contribution in [2.45, 2.75) is 12.8 Å². The first kappa shape index (κ1) is 13.8. The van der Waals surface area contributed by atoms with Crippen LogP contribution in [-0.4, -0.2) is 30.6 Å². The van der Waals surface area contributed by atoms with Crippen LogP contribution in [0.5, 0.6) is 0 Å². The van der Waals surface area contributed by atoms with Crippen molar-refractivity contribution in [1.29, 1.82) is 0 Å². The molecule has 21 heavy (non-hydrogen) atoms. The second-order valence-corrected chi connectivity index (χ2v) is 5.39. The van der Waals surface area contributed by atoms with Gasteiger partial charge < -0.3 is 15.8 Å². The molecule has 0 spiro atoms. The van der Waals surface area contributed by atoms with Crippen LogP contribution in [-0.2, 0) is 4.74 Å². The fourth-order valence-electron chi connectivity index (χ4n) is 2.63. The highest BCUT2D eigenvalue weighted by Crippen LogP contribution is 2.20. The number of nitrogen functional groups attached to an aromatic ring is 1. The lowest BCUT2D eigenvalue weighted by Crippen LogP contribution is -2.27. The smallest absolute Gasteiger partial charge is 0.269 e. The van der Waals surface area contributed by atoms with Gasteiger partial charge in [0, 0.05) is 25.1 Å². The summed E-state index contributed by atoms with van der Waals surface area (Å²) in [5, 5.41) is 4.71. The maximum absolute atomic E-state index is 12.2. The fourth-order valence-corrected chi connectivity index (χ4v) is 2.63. The van der Waals surface area contributed by atoms with E-state index in [1.165, 1.54) is 0 Å². The number of aromatic nitrogens is 1. The standard InChI is InChI=1S/C16H19N3O2/c17-15-13-4-2-1-3-12(13)9-14(19-15)16(20)18-7-5-11-6-8-21-10-11/h1-4,9,11H,5-8,10H2,(H2,17,19)(H,18,20). The van der Waals surface area contributed by atoms with Crippen LogP contribution in [0.1, 0.15) is 23.3 Å². The molecule has 2 aromatic rings. The lowest BCUT2D eigenvalue weighted by Gasteiger charge is -2.09. The quantitative estimate of drug-likeness (QED) is 0.900. The van der Waals surface area contributed by atoms with E-state index in [4.69, 9.17) is 10.5 Å². The van der Waals surface area contributed by atoms with E-state index in [1.54, 1.807) is 6.07 Å². The van der Waals surface area contributed by atoms with Crippen LogP contribution in [0, 0.1) is 5.92 Å². The monoisotopic (exact) mass is 285 g/mol. The molecule has 3 N–H and O–H groups in total. The largest absolute Gasteiger partial charge is 0.383 e. The highest BCUT2D eigenvalue weighted by molar-refractivity contribution is 5.99. The molecule has 5 nitrogen and oxygen atoms in total. The van der Waals surface area contributed by atoms with Crippen LogP contribution in [0.2, 0.25) is 0 Å². The normalized spacial score (nSPS) is 18.0. The molecule has 1 atom stereocenters. The Bertz CT molecular complexity index is 651. The van der Waals surface area contributed by atoms with Gasteiger partial charge in [0.05, 0.1) is 0 Å². The Labute approximate surface area is 123 Å². The number of rotatable bonds is 4. The van der Waals surface area contributed by atoms with Crippen LogP contribution in [0.25, 0.3) is 10.8 Å². The number of nitrogens with two attached hydrogens (primary N) is 1. The zero-order valence-electron chi connectivity index (χ0n) is 11.8. The maximum Gasteiger partial charge on any atom is 0.269 e. The predicted molar refractivity (Wildman–Crippen MR) is 82.0 cm³/mol. The van der Waals surface area contributed by atoms with E-state index in [9.17, 15) is 4.79 Å². The first-order valence-corrected chi connectivity index (χ1v) is 7.25. The third-order valence-electron chi connectivity index (χ3n) is 3.86. The number of hydrogen-bond acceptors (Lipinski definition) is 4. The molecule has 110 valence electrons. The van der Waals surface area contributed by atoms with Gasteiger partial charge in [-0.25, -0.2) is 4.98 Å². The Balaban J connectivity index is 1.66. The summed E-state index contributed by atoms with van der Waals surface area (Å²) in [7, 11) is 0. The molecule has 1 fully saturated rings. The summed E-state index contributed by atoms with van der Waals surface area (Å²) in [6.07, 6.45) is 2.02. The van der Waals surface area contributed by atoms with Crippen LogP contribution >= 0.6 is 0 Å². The molecule has 0 aliphatic carbocycles. The molecule has 1 saturated heterocycles. The van der Waals surface area contributed by atoms with Crippen molar-refractivity contribution in [3.8, 4) is 0 Å². The minimum Gasteiger partial charge on any atom is -0.383 e. The van der Waals surface area contributed by atoms with E-state index in [1.807, 2.05) is 24.3 Å². The topological polar surface area (TPSA) is 77.2 Å². The average Bonchev–Trinajstić information content (AvgIpc) is 3.00. The molecule has 5 heteroatoms. The van der Waals surface area contributed by atoms with Crippen LogP contribution in [0.3, 0.4) is 0 Å². The van der Waals surface area contributed by atoms with Crippen molar-refractivity contribution in [2.24, 2.45) is 5.92 Å². The molecular weight excluding hydrogens is 266 g/mol. The third-order valence-corrected chi connectivity index (χ3v) is 3.86. The van der Waals surface area contributed by atoms with E-state index < -0.39 is 0 Å². The Morgan fingerprint density at radius 2 is 2.29 bits per heavy atom. The summed E-state index contributed by atoms with van der Waals surface area (Å²) in [6.45, 7) is 2.28. The van der Waals surface area contributed by atoms with E-state index >= 15 is 0 Å². The summed E-state index contributed by atoms with van der Waals surface area (Å²) in [5.41, 5.74) is 6.28. The first-order chi connectivity index (χ1) is 10.2. The Morgan fingerprint density at radius 1 is 1.43 bits per heavy atom. The lowest BCUT2D eigenvalue weighted by molar-refractivity contribution is 0.0946. The SMILES string of the molecule is Nc1nc(C(=O)NCCC2CCOC2)cc2ccccc12. The second kappa shape index (κ2) is 6.10. The summed E-state index contributed by atoms with van der Waals surface area (Å²) in [6, 6.07) is 9.44. The van der Waals surface area contributed by atoms with Crippen molar-refractivity contribution in [3.63, 3.8) is 0 Å². The predicted octanol–water partition coefficient (Wildman–Crippen LogP) is 1.97. The number of anilines is 1. The van der Waals surface area contributed by atoms with Gasteiger partial charge in [0.15, 0.2) is 0 Å². The van der Waals surface area contributed by atoms with Crippen molar-refractivity contribution in [3.05, 3.63) is 36.0 Å². The highest BCUT2D eigenvalue weighted by Gasteiger charge is 2.16. The van der Waals surface area contributed by atoms with Gasteiger partial charge in [-0.2, -0.15) is 0 Å².